The molecule has 2 rings (SSSR count). The first kappa shape index (κ1) is 14.0. The Bertz CT molecular complexity index is 655. The van der Waals surface area contributed by atoms with Gasteiger partial charge in [-0.25, -0.2) is 4.39 Å². The number of hydrogen-bond donors (Lipinski definition) is 2. The molecule has 0 aliphatic carbocycles. The molecule has 0 atom stereocenters. The highest BCUT2D eigenvalue weighted by Crippen LogP contribution is 2.33. The summed E-state index contributed by atoms with van der Waals surface area (Å²) in [5.41, 5.74) is 5.70. The second-order valence-corrected chi connectivity index (χ2v) is 5.65. The molecule has 0 saturated heterocycles. The van der Waals surface area contributed by atoms with Gasteiger partial charge >= 0.3 is 0 Å². The molecule has 5 nitrogen and oxygen atoms in total. The molecule has 0 radical (unpaired) electrons. The molecule has 0 saturated carbocycles. The van der Waals surface area contributed by atoms with Crippen molar-refractivity contribution in [3.63, 3.8) is 0 Å². The smallest absolute Gasteiger partial charge is 0.195 e. The zero-order valence-electron chi connectivity index (χ0n) is 10.2. The van der Waals surface area contributed by atoms with Crippen molar-refractivity contribution in [2.75, 3.05) is 0 Å². The number of nitrogens with one attached hydrogen (secondary N) is 1. The first-order chi connectivity index (χ1) is 8.91. The molecule has 8 heteroatoms. The molecule has 0 bridgehead atoms. The normalized spacial score (nSPS) is 10.7. The number of hydrogen-bond acceptors (Lipinski definition) is 4. The lowest BCUT2D eigenvalue weighted by atomic mass is 10.2. The molecular weight excluding hydrogens is 333 g/mol. The molecule has 0 amide bonds. The van der Waals surface area contributed by atoms with Crippen LogP contribution >= 0.6 is 27.7 Å². The zero-order chi connectivity index (χ0) is 14.2. The van der Waals surface area contributed by atoms with E-state index in [0.717, 1.165) is 5.82 Å². The number of nitrogens with zero attached hydrogens (tertiary/aromatic N) is 3. The summed E-state index contributed by atoms with van der Waals surface area (Å²) in [7, 11) is 1.81. The molecule has 0 unspecified atom stereocenters. The van der Waals surface area contributed by atoms with Crippen molar-refractivity contribution in [1.82, 2.24) is 14.8 Å². The van der Waals surface area contributed by atoms with Gasteiger partial charge in [-0.2, -0.15) is 0 Å². The van der Waals surface area contributed by atoms with E-state index >= 15 is 0 Å². The van der Waals surface area contributed by atoms with Crippen molar-refractivity contribution in [2.45, 2.75) is 17.0 Å². The highest BCUT2D eigenvalue weighted by molar-refractivity contribution is 9.10. The Labute approximate surface area is 122 Å². The largest absolute Gasteiger partial charge is 0.384 e. The average molecular weight is 344 g/mol. The van der Waals surface area contributed by atoms with Crippen LogP contribution in [0.1, 0.15) is 11.4 Å². The van der Waals surface area contributed by atoms with Crippen LogP contribution in [0.5, 0.6) is 0 Å². The number of nitrogen functional groups attached to an aromatic ring is 1. The van der Waals surface area contributed by atoms with Gasteiger partial charge in [-0.1, -0.05) is 0 Å². The molecule has 1 aromatic heterocycles. The Kier molecular flexibility index (Phi) is 3.91. The quantitative estimate of drug-likeness (QED) is 0.662. The van der Waals surface area contributed by atoms with Crippen molar-refractivity contribution in [1.29, 1.82) is 5.41 Å². The van der Waals surface area contributed by atoms with Crippen molar-refractivity contribution in [3.05, 3.63) is 33.8 Å². The van der Waals surface area contributed by atoms with Crippen LogP contribution in [0.25, 0.3) is 0 Å². The topological polar surface area (TPSA) is 80.6 Å². The molecule has 0 aliphatic heterocycles. The molecule has 19 heavy (non-hydrogen) atoms. The number of aromatic nitrogens is 3. The minimum absolute atomic E-state index is 0.183. The van der Waals surface area contributed by atoms with E-state index in [2.05, 4.69) is 26.1 Å². The predicted molar refractivity (Wildman–Crippen MR) is 75.0 cm³/mol. The van der Waals surface area contributed by atoms with E-state index < -0.39 is 5.82 Å². The lowest BCUT2D eigenvalue weighted by molar-refractivity contribution is 0.594. The van der Waals surface area contributed by atoms with Gasteiger partial charge in [0.05, 0.1) is 9.37 Å². The lowest BCUT2D eigenvalue weighted by Crippen LogP contribution is -2.12. The van der Waals surface area contributed by atoms with Gasteiger partial charge in [0.25, 0.3) is 0 Å². The van der Waals surface area contributed by atoms with Gasteiger partial charge in [0.2, 0.25) is 0 Å². The highest BCUT2D eigenvalue weighted by atomic mass is 79.9. The zero-order valence-corrected chi connectivity index (χ0v) is 12.6. The second-order valence-electron chi connectivity index (χ2n) is 3.84. The van der Waals surface area contributed by atoms with E-state index in [1.165, 1.54) is 11.8 Å². The third kappa shape index (κ3) is 2.64. The molecule has 3 N–H and O–H groups in total. The highest BCUT2D eigenvalue weighted by Gasteiger charge is 2.16. The first-order valence-corrected chi connectivity index (χ1v) is 6.89. The van der Waals surface area contributed by atoms with Gasteiger partial charge < -0.3 is 10.3 Å². The Hall–Kier alpha value is -1.41. The third-order valence-electron chi connectivity index (χ3n) is 2.59. The van der Waals surface area contributed by atoms with Crippen LogP contribution in [0.15, 0.2) is 26.7 Å². The van der Waals surface area contributed by atoms with E-state index in [0.29, 0.717) is 15.6 Å². The van der Waals surface area contributed by atoms with Crippen molar-refractivity contribution in [3.8, 4) is 0 Å². The second kappa shape index (κ2) is 5.30. The van der Waals surface area contributed by atoms with Gasteiger partial charge in [-0.05, 0) is 46.7 Å². The summed E-state index contributed by atoms with van der Waals surface area (Å²) in [6, 6.07) is 3.17. The van der Waals surface area contributed by atoms with E-state index in [9.17, 15) is 4.39 Å². The molecule has 1 heterocycles. The SMILES string of the molecule is Cc1nnc(Sc2ccc(C(=N)N)c(Br)c2F)n1C. The summed E-state index contributed by atoms with van der Waals surface area (Å²) in [5, 5.41) is 15.8. The monoisotopic (exact) mass is 343 g/mol. The Balaban J connectivity index is 2.39. The standard InChI is InChI=1S/C11H11BrFN5S/c1-5-16-17-11(18(5)2)19-7-4-3-6(10(14)15)8(12)9(7)13/h3-4H,1-2H3,(H3,14,15). The van der Waals surface area contributed by atoms with E-state index in [1.54, 1.807) is 16.7 Å². The Morgan fingerprint density at radius 1 is 1.47 bits per heavy atom. The van der Waals surface area contributed by atoms with Gasteiger partial charge in [-0.15, -0.1) is 10.2 Å². The van der Waals surface area contributed by atoms with Crippen LogP contribution in [-0.4, -0.2) is 20.6 Å². The molecule has 0 fully saturated rings. The van der Waals surface area contributed by atoms with Gasteiger partial charge in [0, 0.05) is 12.6 Å². The third-order valence-corrected chi connectivity index (χ3v) is 4.44. The van der Waals surface area contributed by atoms with Crippen LogP contribution in [0.2, 0.25) is 0 Å². The summed E-state index contributed by atoms with van der Waals surface area (Å²) in [6.07, 6.45) is 0. The van der Waals surface area contributed by atoms with E-state index in [1.807, 2.05) is 14.0 Å². The van der Waals surface area contributed by atoms with Crippen molar-refractivity contribution >= 4 is 33.5 Å². The first-order valence-electron chi connectivity index (χ1n) is 5.28. The van der Waals surface area contributed by atoms with Gasteiger partial charge in [-0.3, -0.25) is 5.41 Å². The van der Waals surface area contributed by atoms with Gasteiger partial charge in [0.1, 0.15) is 11.7 Å². The number of aryl methyl sites for hydroxylation is 1. The van der Waals surface area contributed by atoms with Crippen molar-refractivity contribution < 1.29 is 4.39 Å². The number of halogens is 2. The Morgan fingerprint density at radius 2 is 2.16 bits per heavy atom. The summed E-state index contributed by atoms with van der Waals surface area (Å²) < 4.78 is 16.1. The molecule has 100 valence electrons. The van der Waals surface area contributed by atoms with Gasteiger partial charge in [0.15, 0.2) is 11.0 Å². The fourth-order valence-corrected chi connectivity index (χ4v) is 2.96. The van der Waals surface area contributed by atoms with Crippen LogP contribution in [0.4, 0.5) is 4.39 Å². The van der Waals surface area contributed by atoms with Crippen LogP contribution in [0.3, 0.4) is 0 Å². The maximum atomic E-state index is 14.2. The molecular formula is C11H11BrFN5S. The lowest BCUT2D eigenvalue weighted by Gasteiger charge is -2.08. The van der Waals surface area contributed by atoms with E-state index in [4.69, 9.17) is 11.1 Å². The summed E-state index contributed by atoms with van der Waals surface area (Å²) in [4.78, 5) is 0.396. The van der Waals surface area contributed by atoms with Crippen LogP contribution < -0.4 is 5.73 Å². The fraction of sp³-hybridized carbons (Fsp3) is 0.182. The Morgan fingerprint density at radius 3 is 2.68 bits per heavy atom. The predicted octanol–water partition coefficient (Wildman–Crippen LogP) is 2.46. The summed E-state index contributed by atoms with van der Waals surface area (Å²) in [6.45, 7) is 1.82. The number of benzene rings is 1. The maximum Gasteiger partial charge on any atom is 0.195 e. The number of nitrogens with two attached hydrogens (primary N) is 1. The maximum absolute atomic E-state index is 14.2. The summed E-state index contributed by atoms with van der Waals surface area (Å²) in [5.74, 6) is 0.109. The number of amidine groups is 1. The molecule has 1 aromatic carbocycles. The fourth-order valence-electron chi connectivity index (χ4n) is 1.39. The number of rotatable bonds is 3. The molecule has 2 aromatic rings. The minimum Gasteiger partial charge on any atom is -0.384 e. The average Bonchev–Trinajstić information content (AvgIpc) is 2.66. The summed E-state index contributed by atoms with van der Waals surface area (Å²) >= 11 is 4.29. The molecule has 0 spiro atoms. The van der Waals surface area contributed by atoms with E-state index in [-0.39, 0.29) is 10.3 Å². The molecule has 0 aliphatic rings. The van der Waals surface area contributed by atoms with Crippen LogP contribution in [0, 0.1) is 18.2 Å². The van der Waals surface area contributed by atoms with Crippen molar-refractivity contribution in [2.24, 2.45) is 12.8 Å². The van der Waals surface area contributed by atoms with Crippen LogP contribution in [-0.2, 0) is 7.05 Å². The minimum atomic E-state index is -0.460.